The van der Waals surface area contributed by atoms with Gasteiger partial charge in [0.2, 0.25) is 0 Å². The minimum absolute atomic E-state index is 0.0427. The number of hydrogen-bond acceptors (Lipinski definition) is 6. The number of carbonyl (C=O) groups excluding carboxylic acids is 2. The van der Waals surface area contributed by atoms with Gasteiger partial charge >= 0.3 is 11.9 Å². The van der Waals surface area contributed by atoms with Gasteiger partial charge in [-0.15, -0.1) is 0 Å². The van der Waals surface area contributed by atoms with Gasteiger partial charge in [0.15, 0.2) is 5.92 Å². The average Bonchev–Trinajstić information content (AvgIpc) is 2.44. The molecule has 0 fully saturated rings. The zero-order chi connectivity index (χ0) is 14.4. The zero-order valence-electron chi connectivity index (χ0n) is 10.8. The van der Waals surface area contributed by atoms with Gasteiger partial charge in [0, 0.05) is 5.56 Å². The average molecular weight is 268 g/mol. The van der Waals surface area contributed by atoms with Crippen molar-refractivity contribution in [3.63, 3.8) is 0 Å². The molecule has 0 spiro atoms. The molecule has 6 heteroatoms. The van der Waals surface area contributed by atoms with E-state index in [0.29, 0.717) is 11.1 Å². The third-order valence-corrected chi connectivity index (χ3v) is 2.73. The lowest BCUT2D eigenvalue weighted by molar-refractivity contribution is -0.158. The van der Waals surface area contributed by atoms with E-state index in [-0.39, 0.29) is 18.8 Å². The lowest BCUT2D eigenvalue weighted by atomic mass is 9.98. The zero-order valence-corrected chi connectivity index (χ0v) is 10.8. The van der Waals surface area contributed by atoms with Crippen LogP contribution in [0.5, 0.6) is 5.75 Å². The van der Waals surface area contributed by atoms with Crippen LogP contribution in [0.2, 0.25) is 0 Å². The Morgan fingerprint density at radius 1 is 1.21 bits per heavy atom. The molecule has 19 heavy (non-hydrogen) atoms. The molecule has 0 radical (unpaired) electrons. The summed E-state index contributed by atoms with van der Waals surface area (Å²) >= 11 is 0. The second-order valence-electron chi connectivity index (χ2n) is 3.92. The standard InChI is InChI=1S/C13H16O6/c1-18-12(16)10(13(17)19-2)6-8-3-4-11(15)9(5-8)7-14/h3-5,10,14-15H,6-7H2,1-2H3. The first-order valence-electron chi connectivity index (χ1n) is 5.60. The summed E-state index contributed by atoms with van der Waals surface area (Å²) in [7, 11) is 2.38. The molecule has 0 amide bonds. The smallest absolute Gasteiger partial charge is 0.320 e. The Balaban J connectivity index is 2.96. The Morgan fingerprint density at radius 2 is 1.79 bits per heavy atom. The summed E-state index contributed by atoms with van der Waals surface area (Å²) in [5.41, 5.74) is 0.939. The van der Waals surface area contributed by atoms with Gasteiger partial charge in [-0.1, -0.05) is 6.07 Å². The summed E-state index contributed by atoms with van der Waals surface area (Å²) in [5, 5.41) is 18.5. The quantitative estimate of drug-likeness (QED) is 0.592. The summed E-state index contributed by atoms with van der Waals surface area (Å²) in [4.78, 5) is 23.0. The summed E-state index contributed by atoms with van der Waals surface area (Å²) in [6.07, 6.45) is 0.0760. The number of ether oxygens (including phenoxy) is 2. The van der Waals surface area contributed by atoms with Gasteiger partial charge in [0.1, 0.15) is 5.75 Å². The van der Waals surface area contributed by atoms with Crippen LogP contribution >= 0.6 is 0 Å². The Kier molecular flexibility index (Phi) is 5.32. The number of aromatic hydroxyl groups is 1. The Bertz CT molecular complexity index is 452. The first-order valence-corrected chi connectivity index (χ1v) is 5.60. The number of phenols is 1. The molecule has 0 aliphatic heterocycles. The van der Waals surface area contributed by atoms with Gasteiger partial charge in [0.05, 0.1) is 20.8 Å². The SMILES string of the molecule is COC(=O)C(Cc1ccc(O)c(CO)c1)C(=O)OC. The molecule has 0 unspecified atom stereocenters. The van der Waals surface area contributed by atoms with E-state index in [9.17, 15) is 14.7 Å². The van der Waals surface area contributed by atoms with Crippen molar-refractivity contribution in [1.82, 2.24) is 0 Å². The summed E-state index contributed by atoms with van der Waals surface area (Å²) in [6.45, 7) is -0.333. The van der Waals surface area contributed by atoms with E-state index in [1.807, 2.05) is 0 Å². The lowest BCUT2D eigenvalue weighted by Crippen LogP contribution is -2.28. The second kappa shape index (κ2) is 6.75. The molecule has 0 bridgehead atoms. The number of aliphatic hydroxyl groups excluding tert-OH is 1. The van der Waals surface area contributed by atoms with Crippen LogP contribution in [0.15, 0.2) is 18.2 Å². The topological polar surface area (TPSA) is 93.1 Å². The van der Waals surface area contributed by atoms with Gasteiger partial charge in [-0.2, -0.15) is 0 Å². The summed E-state index contributed by atoms with van der Waals surface area (Å²) in [5.74, 6) is -2.49. The van der Waals surface area contributed by atoms with Crippen LogP contribution in [0, 0.1) is 5.92 Å². The van der Waals surface area contributed by atoms with Crippen molar-refractivity contribution in [2.24, 2.45) is 5.92 Å². The summed E-state index contributed by atoms with van der Waals surface area (Å²) < 4.78 is 9.10. The molecular weight excluding hydrogens is 252 g/mol. The Hall–Kier alpha value is -2.08. The maximum atomic E-state index is 11.5. The molecule has 1 aromatic rings. The van der Waals surface area contributed by atoms with E-state index in [4.69, 9.17) is 5.11 Å². The monoisotopic (exact) mass is 268 g/mol. The molecule has 0 saturated carbocycles. The molecular formula is C13H16O6. The number of methoxy groups -OCH3 is 2. The molecule has 0 aliphatic rings. The highest BCUT2D eigenvalue weighted by molar-refractivity contribution is 5.95. The lowest BCUT2D eigenvalue weighted by Gasteiger charge is -2.13. The van der Waals surface area contributed by atoms with Crippen molar-refractivity contribution in [3.8, 4) is 5.75 Å². The van der Waals surface area contributed by atoms with E-state index in [1.54, 1.807) is 6.07 Å². The van der Waals surface area contributed by atoms with E-state index < -0.39 is 17.9 Å². The van der Waals surface area contributed by atoms with Crippen molar-refractivity contribution in [2.45, 2.75) is 13.0 Å². The fourth-order valence-corrected chi connectivity index (χ4v) is 1.68. The first-order chi connectivity index (χ1) is 9.03. The number of benzene rings is 1. The number of esters is 2. The highest BCUT2D eigenvalue weighted by atomic mass is 16.5. The Labute approximate surface area is 110 Å². The van der Waals surface area contributed by atoms with E-state index in [2.05, 4.69) is 9.47 Å². The summed E-state index contributed by atoms with van der Waals surface area (Å²) in [6, 6.07) is 4.48. The van der Waals surface area contributed by atoms with Gasteiger partial charge in [-0.05, 0) is 24.1 Å². The number of aliphatic hydroxyl groups is 1. The number of hydrogen-bond donors (Lipinski definition) is 2. The first kappa shape index (κ1) is 15.0. The number of carbonyl (C=O) groups is 2. The van der Waals surface area contributed by atoms with Gasteiger partial charge in [0.25, 0.3) is 0 Å². The van der Waals surface area contributed by atoms with Crippen molar-refractivity contribution in [1.29, 1.82) is 0 Å². The van der Waals surface area contributed by atoms with Crippen LogP contribution in [0.4, 0.5) is 0 Å². The third-order valence-electron chi connectivity index (χ3n) is 2.73. The highest BCUT2D eigenvalue weighted by Crippen LogP contribution is 2.21. The molecule has 2 N–H and O–H groups in total. The molecule has 0 heterocycles. The Morgan fingerprint density at radius 3 is 2.26 bits per heavy atom. The minimum Gasteiger partial charge on any atom is -0.508 e. The van der Waals surface area contributed by atoms with Gasteiger partial charge in [-0.25, -0.2) is 0 Å². The molecule has 0 saturated heterocycles. The molecule has 0 atom stereocenters. The van der Waals surface area contributed by atoms with Gasteiger partial charge < -0.3 is 19.7 Å². The van der Waals surface area contributed by atoms with Crippen molar-refractivity contribution < 1.29 is 29.3 Å². The van der Waals surface area contributed by atoms with Crippen LogP contribution in [0.3, 0.4) is 0 Å². The minimum atomic E-state index is -1.06. The second-order valence-corrected chi connectivity index (χ2v) is 3.92. The van der Waals surface area contributed by atoms with E-state index >= 15 is 0 Å². The predicted octanol–water partition coefficient (Wildman–Crippen LogP) is 0.389. The third kappa shape index (κ3) is 3.69. The predicted molar refractivity (Wildman–Crippen MR) is 65.3 cm³/mol. The molecule has 104 valence electrons. The maximum Gasteiger partial charge on any atom is 0.320 e. The molecule has 1 aromatic carbocycles. The van der Waals surface area contributed by atoms with E-state index in [0.717, 1.165) is 0 Å². The van der Waals surface area contributed by atoms with Crippen molar-refractivity contribution in [2.75, 3.05) is 14.2 Å². The molecule has 0 aromatic heterocycles. The van der Waals surface area contributed by atoms with E-state index in [1.165, 1.54) is 26.4 Å². The highest BCUT2D eigenvalue weighted by Gasteiger charge is 2.28. The largest absolute Gasteiger partial charge is 0.508 e. The fourth-order valence-electron chi connectivity index (χ4n) is 1.68. The van der Waals surface area contributed by atoms with Crippen LogP contribution in [0.1, 0.15) is 11.1 Å². The van der Waals surface area contributed by atoms with Crippen LogP contribution in [0.25, 0.3) is 0 Å². The molecule has 1 rings (SSSR count). The van der Waals surface area contributed by atoms with Gasteiger partial charge in [-0.3, -0.25) is 9.59 Å². The van der Waals surface area contributed by atoms with Crippen LogP contribution < -0.4 is 0 Å². The molecule has 6 nitrogen and oxygen atoms in total. The van der Waals surface area contributed by atoms with Crippen molar-refractivity contribution in [3.05, 3.63) is 29.3 Å². The van der Waals surface area contributed by atoms with Crippen LogP contribution in [-0.4, -0.2) is 36.4 Å². The number of rotatable bonds is 5. The fraction of sp³-hybridized carbons (Fsp3) is 0.385. The normalized spacial score (nSPS) is 10.3. The molecule has 0 aliphatic carbocycles. The van der Waals surface area contributed by atoms with Crippen LogP contribution in [-0.2, 0) is 32.1 Å². The van der Waals surface area contributed by atoms with Crippen molar-refractivity contribution >= 4 is 11.9 Å². The maximum absolute atomic E-state index is 11.5.